The Labute approximate surface area is 112 Å². The zero-order chi connectivity index (χ0) is 14.2. The topological polar surface area (TPSA) is 95.0 Å². The van der Waals surface area contributed by atoms with Gasteiger partial charge in [-0.25, -0.2) is 12.7 Å². The van der Waals surface area contributed by atoms with E-state index in [1.807, 2.05) is 0 Å². The van der Waals surface area contributed by atoms with Crippen LogP contribution >= 0.6 is 0 Å². The lowest BCUT2D eigenvalue weighted by Crippen LogP contribution is -2.38. The smallest absolute Gasteiger partial charge is 0.307 e. The molecular weight excluding hydrogens is 272 g/mol. The first-order valence-corrected chi connectivity index (χ1v) is 8.12. The van der Waals surface area contributed by atoms with Gasteiger partial charge in [-0.15, -0.1) is 0 Å². The van der Waals surface area contributed by atoms with Gasteiger partial charge >= 0.3 is 5.97 Å². The molecule has 1 N–H and O–H groups in total. The molecule has 0 aromatic carbocycles. The second-order valence-electron chi connectivity index (χ2n) is 5.13. The number of amides is 1. The first-order valence-electron chi connectivity index (χ1n) is 6.27. The summed E-state index contributed by atoms with van der Waals surface area (Å²) in [5.41, 5.74) is 0. The Morgan fingerprint density at radius 3 is 2.32 bits per heavy atom. The molecule has 2 aliphatic rings. The average molecular weight is 290 g/mol. The molecule has 108 valence electrons. The summed E-state index contributed by atoms with van der Waals surface area (Å²) in [5.74, 6) is -2.04. The van der Waals surface area contributed by atoms with Crippen molar-refractivity contribution in [1.29, 1.82) is 0 Å². The molecule has 2 atom stereocenters. The normalized spacial score (nSPS) is 28.8. The molecule has 0 unspecified atom stereocenters. The molecule has 2 rings (SSSR count). The maximum atomic E-state index is 12.1. The summed E-state index contributed by atoms with van der Waals surface area (Å²) in [6.07, 6.45) is 2.15. The fourth-order valence-corrected chi connectivity index (χ4v) is 3.30. The van der Waals surface area contributed by atoms with Gasteiger partial charge in [0, 0.05) is 26.2 Å². The Hall–Kier alpha value is -1.15. The highest BCUT2D eigenvalue weighted by atomic mass is 32.2. The summed E-state index contributed by atoms with van der Waals surface area (Å²) >= 11 is 0. The number of nitrogens with zero attached hydrogens (tertiary/aromatic N) is 2. The van der Waals surface area contributed by atoms with E-state index in [9.17, 15) is 18.0 Å². The highest BCUT2D eigenvalue weighted by molar-refractivity contribution is 7.88. The van der Waals surface area contributed by atoms with E-state index in [0.29, 0.717) is 32.5 Å². The molecule has 1 saturated carbocycles. The first kappa shape index (κ1) is 14.3. The van der Waals surface area contributed by atoms with Crippen LogP contribution in [-0.4, -0.2) is 67.0 Å². The third kappa shape index (κ3) is 3.24. The number of sulfonamides is 1. The highest BCUT2D eigenvalue weighted by Crippen LogP contribution is 2.40. The third-order valence-electron chi connectivity index (χ3n) is 3.66. The predicted molar refractivity (Wildman–Crippen MR) is 66.8 cm³/mol. The van der Waals surface area contributed by atoms with Crippen molar-refractivity contribution in [1.82, 2.24) is 9.21 Å². The largest absolute Gasteiger partial charge is 0.481 e. The Bertz CT molecular complexity index is 489. The SMILES string of the molecule is CS(=O)(=O)N1CCCN(C(=O)[C@@H]2C[C@@H]2C(=O)O)CC1. The van der Waals surface area contributed by atoms with E-state index in [2.05, 4.69) is 0 Å². The standard InChI is InChI=1S/C11H18N2O5S/c1-19(17,18)13-4-2-3-12(5-6-13)10(14)8-7-9(8)11(15)16/h8-9H,2-7H2,1H3,(H,15,16)/t8-,9+/m1/s1. The fourth-order valence-electron chi connectivity index (χ4n) is 2.42. The summed E-state index contributed by atoms with van der Waals surface area (Å²) in [7, 11) is -3.23. The lowest BCUT2D eigenvalue weighted by atomic mass is 10.2. The number of aliphatic carboxylic acids is 1. The van der Waals surface area contributed by atoms with Gasteiger partial charge in [-0.3, -0.25) is 9.59 Å². The van der Waals surface area contributed by atoms with Crippen molar-refractivity contribution in [2.75, 3.05) is 32.4 Å². The van der Waals surface area contributed by atoms with Crippen molar-refractivity contribution < 1.29 is 23.1 Å². The van der Waals surface area contributed by atoms with Gasteiger partial charge in [-0.1, -0.05) is 0 Å². The number of carbonyl (C=O) groups excluding carboxylic acids is 1. The average Bonchev–Trinajstić information content (AvgIpc) is 3.10. The summed E-state index contributed by atoms with van der Waals surface area (Å²) in [4.78, 5) is 24.4. The van der Waals surface area contributed by atoms with E-state index in [1.165, 1.54) is 4.31 Å². The quantitative estimate of drug-likeness (QED) is 0.734. The molecule has 2 fully saturated rings. The minimum atomic E-state index is -3.23. The highest BCUT2D eigenvalue weighted by Gasteiger charge is 2.49. The Morgan fingerprint density at radius 2 is 1.79 bits per heavy atom. The lowest BCUT2D eigenvalue weighted by molar-refractivity contribution is -0.141. The second-order valence-corrected chi connectivity index (χ2v) is 7.11. The van der Waals surface area contributed by atoms with Gasteiger partial charge in [0.25, 0.3) is 0 Å². The van der Waals surface area contributed by atoms with Gasteiger partial charge in [0.1, 0.15) is 0 Å². The number of carbonyl (C=O) groups is 2. The fraction of sp³-hybridized carbons (Fsp3) is 0.818. The van der Waals surface area contributed by atoms with Crippen molar-refractivity contribution in [2.24, 2.45) is 11.8 Å². The van der Waals surface area contributed by atoms with Crippen LogP contribution in [0.1, 0.15) is 12.8 Å². The molecule has 19 heavy (non-hydrogen) atoms. The Morgan fingerprint density at radius 1 is 1.11 bits per heavy atom. The summed E-state index contributed by atoms with van der Waals surface area (Å²) in [6.45, 7) is 1.53. The summed E-state index contributed by atoms with van der Waals surface area (Å²) < 4.78 is 24.3. The summed E-state index contributed by atoms with van der Waals surface area (Å²) in [5, 5.41) is 8.82. The van der Waals surface area contributed by atoms with Crippen LogP contribution in [0.25, 0.3) is 0 Å². The van der Waals surface area contributed by atoms with Crippen LogP contribution in [0.4, 0.5) is 0 Å². The molecule has 0 aromatic rings. The van der Waals surface area contributed by atoms with Crippen molar-refractivity contribution >= 4 is 21.9 Å². The van der Waals surface area contributed by atoms with Crippen molar-refractivity contribution in [3.63, 3.8) is 0 Å². The molecule has 1 aliphatic heterocycles. The van der Waals surface area contributed by atoms with Crippen molar-refractivity contribution in [3.05, 3.63) is 0 Å². The van der Waals surface area contributed by atoms with E-state index in [-0.39, 0.29) is 12.5 Å². The molecule has 1 aliphatic carbocycles. The second kappa shape index (κ2) is 5.09. The van der Waals surface area contributed by atoms with Crippen LogP contribution in [0, 0.1) is 11.8 Å². The zero-order valence-corrected chi connectivity index (χ0v) is 11.6. The van der Waals surface area contributed by atoms with Gasteiger partial charge in [-0.05, 0) is 12.8 Å². The van der Waals surface area contributed by atoms with E-state index in [4.69, 9.17) is 5.11 Å². The molecule has 7 nitrogen and oxygen atoms in total. The van der Waals surface area contributed by atoms with Crippen LogP contribution < -0.4 is 0 Å². The molecule has 1 heterocycles. The Balaban J connectivity index is 1.93. The number of carboxylic acid groups (broad SMARTS) is 1. The van der Waals surface area contributed by atoms with Crippen molar-refractivity contribution in [3.8, 4) is 0 Å². The number of hydrogen-bond donors (Lipinski definition) is 1. The molecule has 0 radical (unpaired) electrons. The molecule has 0 aromatic heterocycles. The van der Waals surface area contributed by atoms with Crippen LogP contribution in [0.15, 0.2) is 0 Å². The predicted octanol–water partition coefficient (Wildman–Crippen LogP) is -0.799. The van der Waals surface area contributed by atoms with Gasteiger partial charge < -0.3 is 10.0 Å². The van der Waals surface area contributed by atoms with Gasteiger partial charge in [-0.2, -0.15) is 0 Å². The molecule has 0 spiro atoms. The minimum absolute atomic E-state index is 0.150. The van der Waals surface area contributed by atoms with Gasteiger partial charge in [0.2, 0.25) is 15.9 Å². The van der Waals surface area contributed by atoms with Crippen LogP contribution in [0.2, 0.25) is 0 Å². The molecular formula is C11H18N2O5S. The van der Waals surface area contributed by atoms with E-state index >= 15 is 0 Å². The summed E-state index contributed by atoms with van der Waals surface area (Å²) in [6, 6.07) is 0. The lowest BCUT2D eigenvalue weighted by Gasteiger charge is -2.21. The molecule has 0 bridgehead atoms. The van der Waals surface area contributed by atoms with Crippen LogP contribution in [0.3, 0.4) is 0 Å². The molecule has 1 amide bonds. The van der Waals surface area contributed by atoms with E-state index in [0.717, 1.165) is 6.26 Å². The number of rotatable bonds is 3. The zero-order valence-electron chi connectivity index (χ0n) is 10.8. The van der Waals surface area contributed by atoms with Gasteiger partial charge in [0.05, 0.1) is 18.1 Å². The third-order valence-corrected chi connectivity index (χ3v) is 4.96. The monoisotopic (exact) mass is 290 g/mol. The van der Waals surface area contributed by atoms with Crippen molar-refractivity contribution in [2.45, 2.75) is 12.8 Å². The number of carboxylic acids is 1. The first-order chi connectivity index (χ1) is 8.80. The maximum absolute atomic E-state index is 12.1. The molecule has 1 saturated heterocycles. The minimum Gasteiger partial charge on any atom is -0.481 e. The van der Waals surface area contributed by atoms with E-state index < -0.39 is 27.8 Å². The van der Waals surface area contributed by atoms with Gasteiger partial charge in [0.15, 0.2) is 0 Å². The molecule has 8 heteroatoms. The Kier molecular flexibility index (Phi) is 3.82. The maximum Gasteiger partial charge on any atom is 0.307 e. The van der Waals surface area contributed by atoms with Crippen LogP contribution in [-0.2, 0) is 19.6 Å². The van der Waals surface area contributed by atoms with Crippen LogP contribution in [0.5, 0.6) is 0 Å². The number of hydrogen-bond acceptors (Lipinski definition) is 4. The van der Waals surface area contributed by atoms with E-state index in [1.54, 1.807) is 4.90 Å².